The summed E-state index contributed by atoms with van der Waals surface area (Å²) in [7, 11) is 0. The summed E-state index contributed by atoms with van der Waals surface area (Å²) in [5.41, 5.74) is -0.889. The van der Waals surface area contributed by atoms with E-state index in [1.54, 1.807) is 0 Å². The van der Waals surface area contributed by atoms with Gasteiger partial charge in [0.2, 0.25) is 5.91 Å². The molecular formula is C12H15NO3. The fraction of sp³-hybridized carbons (Fsp3) is 0.667. The van der Waals surface area contributed by atoms with E-state index < -0.39 is 5.60 Å². The van der Waals surface area contributed by atoms with Crippen molar-refractivity contribution < 1.29 is 14.3 Å². The van der Waals surface area contributed by atoms with E-state index in [1.807, 2.05) is 17.9 Å². The first kappa shape index (κ1) is 9.87. The van der Waals surface area contributed by atoms with Gasteiger partial charge in [-0.3, -0.25) is 4.79 Å². The Labute approximate surface area is 94.2 Å². The third-order valence-electron chi connectivity index (χ3n) is 4.34. The molecule has 0 radical (unpaired) electrons. The number of carbonyl (C=O) groups excluding carboxylic acids is 2. The third-order valence-corrected chi connectivity index (χ3v) is 4.34. The van der Waals surface area contributed by atoms with Crippen molar-refractivity contribution in [1.29, 1.82) is 0 Å². The zero-order valence-corrected chi connectivity index (χ0v) is 9.36. The van der Waals surface area contributed by atoms with Crippen LogP contribution in [0.15, 0.2) is 12.2 Å². The maximum atomic E-state index is 11.8. The molecule has 0 aromatic rings. The summed E-state index contributed by atoms with van der Waals surface area (Å²) in [6.07, 6.45) is 6.44. The second-order valence-corrected chi connectivity index (χ2v) is 5.07. The number of amides is 1. The number of rotatable bonds is 0. The van der Waals surface area contributed by atoms with Gasteiger partial charge in [-0.2, -0.15) is 0 Å². The molecule has 3 rings (SSSR count). The summed E-state index contributed by atoms with van der Waals surface area (Å²) in [6.45, 7) is 2.84. The number of fused-ring (bicyclic) bond motifs is 2. The van der Waals surface area contributed by atoms with E-state index in [2.05, 4.69) is 0 Å². The minimum Gasteiger partial charge on any atom is -0.449 e. The summed E-state index contributed by atoms with van der Waals surface area (Å²) >= 11 is 0. The number of piperidine rings is 1. The summed E-state index contributed by atoms with van der Waals surface area (Å²) in [5.74, 6) is -0.0830. The Kier molecular flexibility index (Phi) is 1.77. The van der Waals surface area contributed by atoms with Gasteiger partial charge >= 0.3 is 5.97 Å². The van der Waals surface area contributed by atoms with Crippen molar-refractivity contribution >= 4 is 11.9 Å². The molecule has 3 aliphatic rings. The van der Waals surface area contributed by atoms with Gasteiger partial charge in [0, 0.05) is 19.0 Å². The molecule has 0 unspecified atom stereocenters. The molecule has 2 fully saturated rings. The molecule has 0 N–H and O–H groups in total. The highest BCUT2D eigenvalue weighted by atomic mass is 16.6. The lowest BCUT2D eigenvalue weighted by Gasteiger charge is -2.50. The van der Waals surface area contributed by atoms with Crippen molar-refractivity contribution in [3.8, 4) is 0 Å². The van der Waals surface area contributed by atoms with Crippen molar-refractivity contribution in [3.63, 3.8) is 0 Å². The van der Waals surface area contributed by atoms with Crippen LogP contribution in [0.4, 0.5) is 0 Å². The molecule has 0 aromatic carbocycles. The first-order valence-electron chi connectivity index (χ1n) is 5.80. The van der Waals surface area contributed by atoms with Gasteiger partial charge < -0.3 is 9.64 Å². The van der Waals surface area contributed by atoms with Gasteiger partial charge in [-0.15, -0.1) is 0 Å². The monoisotopic (exact) mass is 221 g/mol. The van der Waals surface area contributed by atoms with E-state index >= 15 is 0 Å². The Bertz CT molecular complexity index is 403. The second-order valence-electron chi connectivity index (χ2n) is 5.07. The lowest BCUT2D eigenvalue weighted by molar-refractivity contribution is -0.168. The lowest BCUT2D eigenvalue weighted by Crippen LogP contribution is -2.63. The SMILES string of the molecule is C[C@@]12CCC(=O)N1CCC[C@]21C=CC(=O)O1. The largest absolute Gasteiger partial charge is 0.449 e. The van der Waals surface area contributed by atoms with Gasteiger partial charge in [-0.25, -0.2) is 4.79 Å². The number of carbonyl (C=O) groups is 2. The van der Waals surface area contributed by atoms with Crippen LogP contribution in [0.5, 0.6) is 0 Å². The van der Waals surface area contributed by atoms with Gasteiger partial charge in [0.25, 0.3) is 0 Å². The fourth-order valence-electron chi connectivity index (χ4n) is 3.35. The minimum atomic E-state index is -0.561. The quantitative estimate of drug-likeness (QED) is 0.574. The summed E-state index contributed by atoms with van der Waals surface area (Å²) in [6, 6.07) is 0. The lowest BCUT2D eigenvalue weighted by atomic mass is 9.73. The molecule has 0 bridgehead atoms. The maximum absolute atomic E-state index is 11.8. The van der Waals surface area contributed by atoms with Gasteiger partial charge in [0.05, 0.1) is 5.54 Å². The second kappa shape index (κ2) is 2.87. The molecule has 3 heterocycles. The molecule has 0 saturated carbocycles. The molecule has 0 aliphatic carbocycles. The normalized spacial score (nSPS) is 41.7. The van der Waals surface area contributed by atoms with Crippen molar-refractivity contribution in [3.05, 3.63) is 12.2 Å². The molecule has 0 aromatic heterocycles. The zero-order chi connectivity index (χ0) is 11.4. The van der Waals surface area contributed by atoms with E-state index in [0.717, 1.165) is 25.8 Å². The number of nitrogens with zero attached hydrogens (tertiary/aromatic N) is 1. The maximum Gasteiger partial charge on any atom is 0.331 e. The Morgan fingerprint density at radius 3 is 2.88 bits per heavy atom. The van der Waals surface area contributed by atoms with Crippen molar-refractivity contribution in [2.75, 3.05) is 6.54 Å². The molecule has 2 saturated heterocycles. The highest BCUT2D eigenvalue weighted by molar-refractivity contribution is 5.87. The molecular weight excluding hydrogens is 206 g/mol. The molecule has 16 heavy (non-hydrogen) atoms. The highest BCUT2D eigenvalue weighted by Gasteiger charge is 2.60. The van der Waals surface area contributed by atoms with Gasteiger partial charge in [-0.1, -0.05) is 0 Å². The average Bonchev–Trinajstić information content (AvgIpc) is 2.75. The van der Waals surface area contributed by atoms with Crippen LogP contribution in [0.3, 0.4) is 0 Å². The van der Waals surface area contributed by atoms with Crippen LogP contribution in [-0.4, -0.2) is 34.5 Å². The van der Waals surface area contributed by atoms with E-state index in [1.165, 1.54) is 6.08 Å². The van der Waals surface area contributed by atoms with Crippen LogP contribution < -0.4 is 0 Å². The van der Waals surface area contributed by atoms with Crippen LogP contribution >= 0.6 is 0 Å². The summed E-state index contributed by atoms with van der Waals surface area (Å²) < 4.78 is 5.51. The molecule has 1 amide bonds. The summed E-state index contributed by atoms with van der Waals surface area (Å²) in [5, 5.41) is 0. The standard InChI is InChI=1S/C12H15NO3/c1-11-6-3-9(14)13(11)8-2-5-12(11)7-4-10(15)16-12/h4,7H,2-3,5-6,8H2,1H3/t11-,12-/m0/s1. The Morgan fingerprint density at radius 1 is 1.38 bits per heavy atom. The number of hydrogen-bond donors (Lipinski definition) is 0. The zero-order valence-electron chi connectivity index (χ0n) is 9.36. The van der Waals surface area contributed by atoms with E-state index in [4.69, 9.17) is 4.74 Å². The van der Waals surface area contributed by atoms with Gasteiger partial charge in [0.15, 0.2) is 5.60 Å². The number of ether oxygens (including phenoxy) is 1. The van der Waals surface area contributed by atoms with Gasteiger partial charge in [0.1, 0.15) is 0 Å². The molecule has 3 aliphatic heterocycles. The van der Waals surface area contributed by atoms with Crippen LogP contribution in [0.1, 0.15) is 32.6 Å². The first-order chi connectivity index (χ1) is 7.57. The Morgan fingerprint density at radius 2 is 2.19 bits per heavy atom. The van der Waals surface area contributed by atoms with Crippen LogP contribution in [0, 0.1) is 0 Å². The van der Waals surface area contributed by atoms with Crippen LogP contribution in [0.25, 0.3) is 0 Å². The summed E-state index contributed by atoms with van der Waals surface area (Å²) in [4.78, 5) is 25.0. The number of esters is 1. The molecule has 4 nitrogen and oxygen atoms in total. The minimum absolute atomic E-state index is 0.193. The van der Waals surface area contributed by atoms with E-state index in [9.17, 15) is 9.59 Å². The Balaban J connectivity index is 2.04. The molecule has 86 valence electrons. The predicted molar refractivity (Wildman–Crippen MR) is 56.5 cm³/mol. The average molecular weight is 221 g/mol. The first-order valence-corrected chi connectivity index (χ1v) is 5.80. The van der Waals surface area contributed by atoms with Crippen molar-refractivity contribution in [2.24, 2.45) is 0 Å². The fourth-order valence-corrected chi connectivity index (χ4v) is 3.35. The topological polar surface area (TPSA) is 46.6 Å². The third kappa shape index (κ3) is 0.996. The van der Waals surface area contributed by atoms with Crippen LogP contribution in [-0.2, 0) is 14.3 Å². The van der Waals surface area contributed by atoms with E-state index in [-0.39, 0.29) is 17.4 Å². The van der Waals surface area contributed by atoms with Crippen LogP contribution in [0.2, 0.25) is 0 Å². The molecule has 4 heteroatoms. The molecule has 1 spiro atoms. The van der Waals surface area contributed by atoms with Gasteiger partial charge in [-0.05, 0) is 32.3 Å². The highest BCUT2D eigenvalue weighted by Crippen LogP contribution is 2.49. The van der Waals surface area contributed by atoms with Crippen molar-refractivity contribution in [1.82, 2.24) is 4.90 Å². The van der Waals surface area contributed by atoms with Crippen molar-refractivity contribution in [2.45, 2.75) is 43.7 Å². The number of hydrogen-bond acceptors (Lipinski definition) is 3. The Hall–Kier alpha value is -1.32. The smallest absolute Gasteiger partial charge is 0.331 e. The van der Waals surface area contributed by atoms with E-state index in [0.29, 0.717) is 6.42 Å². The molecule has 2 atom stereocenters. The predicted octanol–water partition coefficient (Wildman–Crippen LogP) is 1.01.